The highest BCUT2D eigenvalue weighted by molar-refractivity contribution is 6.41. The number of rotatable bonds is 2. The van der Waals surface area contributed by atoms with Gasteiger partial charge in [0, 0.05) is 11.8 Å². The van der Waals surface area contributed by atoms with Gasteiger partial charge < -0.3 is 0 Å². The van der Waals surface area contributed by atoms with Gasteiger partial charge >= 0.3 is 6.43 Å². The lowest BCUT2D eigenvalue weighted by Gasteiger charge is -1.99. The number of carbonyl (C=O) groups is 1. The summed E-state index contributed by atoms with van der Waals surface area (Å²) in [5.41, 5.74) is -0.246. The quantitative estimate of drug-likeness (QED) is 0.573. The molecule has 1 aromatic rings. The second kappa shape index (κ2) is 3.98. The normalized spacial score (nSPS) is 10.5. The first-order valence-corrected chi connectivity index (χ1v) is 3.91. The Kier molecular flexibility index (Phi) is 3.17. The van der Waals surface area contributed by atoms with Gasteiger partial charge in [-0.3, -0.25) is 4.79 Å². The number of hydrogen-bond acceptors (Lipinski definition) is 2. The van der Waals surface area contributed by atoms with E-state index in [0.717, 1.165) is 12.3 Å². The van der Waals surface area contributed by atoms with Crippen LogP contribution in [0.3, 0.4) is 0 Å². The molecule has 0 fully saturated rings. The van der Waals surface area contributed by atoms with Crippen molar-refractivity contribution in [2.75, 3.05) is 0 Å². The Bertz CT molecular complexity index is 343. The van der Waals surface area contributed by atoms with Crippen molar-refractivity contribution in [2.45, 2.75) is 6.43 Å². The molecule has 1 rings (SSSR count). The standard InChI is InChI=1S/C7H3Cl2F2NO/c8-4-1-3(2-12-6(4)9)5(13)7(10)11/h1-2,7H. The maximum atomic E-state index is 11.9. The first kappa shape index (κ1) is 10.3. The minimum Gasteiger partial charge on any atom is -0.288 e. The Hall–Kier alpha value is -0.740. The number of halogens is 4. The summed E-state index contributed by atoms with van der Waals surface area (Å²) < 4.78 is 23.8. The fourth-order valence-electron chi connectivity index (χ4n) is 0.682. The molecule has 0 bridgehead atoms. The average Bonchev–Trinajstić information content (AvgIpc) is 2.08. The van der Waals surface area contributed by atoms with Crippen molar-refractivity contribution < 1.29 is 13.6 Å². The van der Waals surface area contributed by atoms with E-state index in [-0.39, 0.29) is 15.7 Å². The molecule has 0 aromatic carbocycles. The monoisotopic (exact) mass is 225 g/mol. The number of carbonyl (C=O) groups excluding carboxylic acids is 1. The number of aromatic nitrogens is 1. The number of hydrogen-bond donors (Lipinski definition) is 0. The summed E-state index contributed by atoms with van der Waals surface area (Å²) in [6, 6.07) is 1.06. The Morgan fingerprint density at radius 1 is 1.46 bits per heavy atom. The van der Waals surface area contributed by atoms with Crippen molar-refractivity contribution in [3.05, 3.63) is 28.0 Å². The number of pyridine rings is 1. The third-order valence-corrected chi connectivity index (χ3v) is 1.97. The van der Waals surface area contributed by atoms with E-state index < -0.39 is 12.2 Å². The lowest BCUT2D eigenvalue weighted by atomic mass is 10.2. The summed E-state index contributed by atoms with van der Waals surface area (Å²) in [5, 5.41) is -0.0411. The van der Waals surface area contributed by atoms with Crippen LogP contribution in [-0.2, 0) is 0 Å². The second-order valence-electron chi connectivity index (χ2n) is 2.16. The summed E-state index contributed by atoms with van der Waals surface area (Å²) >= 11 is 10.9. The molecule has 2 nitrogen and oxygen atoms in total. The van der Waals surface area contributed by atoms with Gasteiger partial charge in [-0.25, -0.2) is 13.8 Å². The molecule has 70 valence electrons. The Balaban J connectivity index is 3.04. The average molecular weight is 226 g/mol. The van der Waals surface area contributed by atoms with E-state index in [4.69, 9.17) is 23.2 Å². The minimum atomic E-state index is -3.06. The van der Waals surface area contributed by atoms with Gasteiger partial charge in [-0.2, -0.15) is 0 Å². The lowest BCUT2D eigenvalue weighted by Crippen LogP contribution is -2.10. The molecule has 0 saturated heterocycles. The first-order chi connectivity index (χ1) is 6.02. The molecule has 13 heavy (non-hydrogen) atoms. The summed E-state index contributed by atoms with van der Waals surface area (Å²) in [5.74, 6) is -1.31. The molecule has 0 atom stereocenters. The Morgan fingerprint density at radius 2 is 2.08 bits per heavy atom. The van der Waals surface area contributed by atoms with Crippen LogP contribution in [0.4, 0.5) is 8.78 Å². The molecular weight excluding hydrogens is 223 g/mol. The second-order valence-corrected chi connectivity index (χ2v) is 2.93. The van der Waals surface area contributed by atoms with Crippen LogP contribution in [0.2, 0.25) is 10.2 Å². The first-order valence-electron chi connectivity index (χ1n) is 3.16. The van der Waals surface area contributed by atoms with Crippen LogP contribution in [0.15, 0.2) is 12.3 Å². The van der Waals surface area contributed by atoms with Crippen LogP contribution in [0.5, 0.6) is 0 Å². The molecule has 1 heterocycles. The fourth-order valence-corrected chi connectivity index (χ4v) is 0.952. The number of alkyl halides is 2. The molecule has 0 aliphatic rings. The zero-order chi connectivity index (χ0) is 10.0. The smallest absolute Gasteiger partial charge is 0.288 e. The van der Waals surface area contributed by atoms with Crippen molar-refractivity contribution in [1.82, 2.24) is 4.98 Å². The van der Waals surface area contributed by atoms with E-state index in [0.29, 0.717) is 0 Å². The SMILES string of the molecule is O=C(c1cnc(Cl)c(Cl)c1)C(F)F. The summed E-state index contributed by atoms with van der Waals surface area (Å²) in [6.07, 6.45) is -2.10. The molecule has 0 unspecified atom stereocenters. The molecule has 0 saturated carbocycles. The molecule has 6 heteroatoms. The van der Waals surface area contributed by atoms with Gasteiger partial charge in [0.1, 0.15) is 5.15 Å². The molecule has 0 N–H and O–H groups in total. The summed E-state index contributed by atoms with van der Waals surface area (Å²) in [7, 11) is 0. The van der Waals surface area contributed by atoms with Crippen molar-refractivity contribution in [2.24, 2.45) is 0 Å². The largest absolute Gasteiger partial charge is 0.300 e. The van der Waals surface area contributed by atoms with Crippen LogP contribution in [0.25, 0.3) is 0 Å². The van der Waals surface area contributed by atoms with Crippen molar-refractivity contribution >= 4 is 29.0 Å². The molecule has 0 aliphatic carbocycles. The van der Waals surface area contributed by atoms with E-state index in [1.807, 2.05) is 0 Å². The summed E-state index contributed by atoms with van der Waals surface area (Å²) in [6.45, 7) is 0. The van der Waals surface area contributed by atoms with Gasteiger partial charge in [-0.1, -0.05) is 23.2 Å². The van der Waals surface area contributed by atoms with E-state index in [2.05, 4.69) is 4.98 Å². The van der Waals surface area contributed by atoms with Gasteiger partial charge in [0.15, 0.2) is 0 Å². The number of ketones is 1. The zero-order valence-electron chi connectivity index (χ0n) is 6.10. The molecule has 1 aromatic heterocycles. The minimum absolute atomic E-state index is 0.0202. The predicted octanol–water partition coefficient (Wildman–Crippen LogP) is 2.84. The number of Topliss-reactive ketones (excluding diaryl/α,β-unsaturated/α-hetero) is 1. The van der Waals surface area contributed by atoms with Crippen LogP contribution < -0.4 is 0 Å². The van der Waals surface area contributed by atoms with Gasteiger partial charge in [-0.15, -0.1) is 0 Å². The van der Waals surface area contributed by atoms with Gasteiger partial charge in [0.2, 0.25) is 5.78 Å². The fraction of sp³-hybridized carbons (Fsp3) is 0.143. The molecule has 0 amide bonds. The van der Waals surface area contributed by atoms with Crippen molar-refractivity contribution in [3.8, 4) is 0 Å². The van der Waals surface area contributed by atoms with Crippen LogP contribution in [-0.4, -0.2) is 17.2 Å². The number of nitrogens with zero attached hydrogens (tertiary/aromatic N) is 1. The van der Waals surface area contributed by atoms with Crippen LogP contribution in [0, 0.1) is 0 Å². The maximum absolute atomic E-state index is 11.9. The van der Waals surface area contributed by atoms with E-state index in [1.165, 1.54) is 0 Å². The van der Waals surface area contributed by atoms with E-state index in [1.54, 1.807) is 0 Å². The van der Waals surface area contributed by atoms with Gasteiger partial charge in [0.25, 0.3) is 0 Å². The third-order valence-electron chi connectivity index (χ3n) is 1.28. The lowest BCUT2D eigenvalue weighted by molar-refractivity contribution is 0.0678. The maximum Gasteiger partial charge on any atom is 0.300 e. The molecule has 0 aliphatic heterocycles. The van der Waals surface area contributed by atoms with Crippen molar-refractivity contribution in [3.63, 3.8) is 0 Å². The van der Waals surface area contributed by atoms with Crippen LogP contribution in [0.1, 0.15) is 10.4 Å². The Morgan fingerprint density at radius 3 is 2.54 bits per heavy atom. The molecule has 0 spiro atoms. The molecular formula is C7H3Cl2F2NO. The predicted molar refractivity (Wildman–Crippen MR) is 44.6 cm³/mol. The van der Waals surface area contributed by atoms with E-state index >= 15 is 0 Å². The topological polar surface area (TPSA) is 30.0 Å². The molecule has 0 radical (unpaired) electrons. The highest BCUT2D eigenvalue weighted by atomic mass is 35.5. The zero-order valence-corrected chi connectivity index (χ0v) is 7.61. The third kappa shape index (κ3) is 2.35. The van der Waals surface area contributed by atoms with Crippen LogP contribution >= 0.6 is 23.2 Å². The van der Waals surface area contributed by atoms with Crippen molar-refractivity contribution in [1.29, 1.82) is 0 Å². The van der Waals surface area contributed by atoms with Gasteiger partial charge in [-0.05, 0) is 6.07 Å². The highest BCUT2D eigenvalue weighted by Crippen LogP contribution is 2.20. The highest BCUT2D eigenvalue weighted by Gasteiger charge is 2.18. The Labute approximate surface area is 82.5 Å². The van der Waals surface area contributed by atoms with E-state index in [9.17, 15) is 13.6 Å². The summed E-state index contributed by atoms with van der Waals surface area (Å²) in [4.78, 5) is 14.2. The van der Waals surface area contributed by atoms with Gasteiger partial charge in [0.05, 0.1) is 5.02 Å².